The molecule has 6 nitrogen and oxygen atoms in total. The van der Waals surface area contributed by atoms with Crippen LogP contribution in [0, 0.1) is 0 Å². The van der Waals surface area contributed by atoms with Crippen molar-refractivity contribution in [3.8, 4) is 5.75 Å². The average molecular weight is 418 g/mol. The molecule has 0 fully saturated rings. The van der Waals surface area contributed by atoms with Gasteiger partial charge in [-0.1, -0.05) is 0 Å². The summed E-state index contributed by atoms with van der Waals surface area (Å²) in [6.07, 6.45) is 7.95. The van der Waals surface area contributed by atoms with Crippen LogP contribution in [0.15, 0.2) is 22.6 Å². The molecule has 1 heterocycles. The number of allylic oxidation sites excluding steroid dienone is 1. The van der Waals surface area contributed by atoms with Gasteiger partial charge in [-0.15, -0.1) is 0 Å². The van der Waals surface area contributed by atoms with Crippen LogP contribution in [-0.2, 0) is 22.4 Å². The van der Waals surface area contributed by atoms with Gasteiger partial charge in [0.25, 0.3) is 0 Å². The summed E-state index contributed by atoms with van der Waals surface area (Å²) in [7, 11) is 1.59. The first-order valence-electron chi connectivity index (χ1n) is 9.77. The summed E-state index contributed by atoms with van der Waals surface area (Å²) in [5.41, 5.74) is 3.56. The number of nitrogens with one attached hydrogen (secondary N) is 1. The van der Waals surface area contributed by atoms with E-state index in [4.69, 9.17) is 9.15 Å². The first-order valence-corrected chi connectivity index (χ1v) is 11.2. The first kappa shape index (κ1) is 21.3. The lowest BCUT2D eigenvalue weighted by Gasteiger charge is -2.14. The highest BCUT2D eigenvalue weighted by molar-refractivity contribution is 7.98. The first-order chi connectivity index (χ1) is 13.9. The molecule has 1 aromatic heterocycles. The Kier molecular flexibility index (Phi) is 6.90. The van der Waals surface area contributed by atoms with Crippen LogP contribution >= 0.6 is 11.8 Å². The fourth-order valence-electron chi connectivity index (χ4n) is 3.75. The molecule has 0 bridgehead atoms. The fraction of sp³-hybridized carbons (Fsp3) is 0.455. The molecule has 0 radical (unpaired) electrons. The standard InChI is InChI=1S/C22H27NO5S/c1-13(10-21(24)23-17(22(25)26)8-9-29-3)15-11-16-14-6-4-5-7-18(14)28-20(16)12-19(15)27-2/h10-12,17H,4-9H2,1-3H3,(H,23,24)(H,25,26)/b13-10+. The molecule has 1 atom stereocenters. The van der Waals surface area contributed by atoms with Crippen molar-refractivity contribution in [3.63, 3.8) is 0 Å². The molecule has 0 aliphatic heterocycles. The van der Waals surface area contributed by atoms with Gasteiger partial charge < -0.3 is 19.6 Å². The second-order valence-electron chi connectivity index (χ2n) is 7.27. The van der Waals surface area contributed by atoms with Gasteiger partial charge in [0.2, 0.25) is 5.91 Å². The summed E-state index contributed by atoms with van der Waals surface area (Å²) < 4.78 is 11.6. The maximum Gasteiger partial charge on any atom is 0.326 e. The molecule has 0 spiro atoms. The number of hydrogen-bond acceptors (Lipinski definition) is 5. The predicted molar refractivity (Wildman–Crippen MR) is 116 cm³/mol. The molecule has 7 heteroatoms. The number of methoxy groups -OCH3 is 1. The Morgan fingerprint density at radius 3 is 2.79 bits per heavy atom. The normalized spacial score (nSPS) is 15.1. The van der Waals surface area contributed by atoms with Gasteiger partial charge in [-0.25, -0.2) is 4.79 Å². The molecular formula is C22H27NO5S. The second-order valence-corrected chi connectivity index (χ2v) is 8.25. The zero-order valence-corrected chi connectivity index (χ0v) is 17.9. The minimum atomic E-state index is -1.03. The molecule has 0 saturated heterocycles. The highest BCUT2D eigenvalue weighted by Crippen LogP contribution is 2.37. The number of carboxylic acids is 1. The number of hydrogen-bond donors (Lipinski definition) is 2. The van der Waals surface area contributed by atoms with Gasteiger partial charge in [0.15, 0.2) is 0 Å². The van der Waals surface area contributed by atoms with Gasteiger partial charge in [0.05, 0.1) is 7.11 Å². The fourth-order valence-corrected chi connectivity index (χ4v) is 4.22. The Hall–Kier alpha value is -2.41. The molecule has 2 aromatic rings. The van der Waals surface area contributed by atoms with E-state index in [1.165, 1.54) is 11.6 Å². The topological polar surface area (TPSA) is 88.8 Å². The summed E-state index contributed by atoms with van der Waals surface area (Å²) in [5.74, 6) is 0.885. The lowest BCUT2D eigenvalue weighted by molar-refractivity contribution is -0.141. The van der Waals surface area contributed by atoms with E-state index in [0.717, 1.165) is 48.0 Å². The Morgan fingerprint density at radius 1 is 1.34 bits per heavy atom. The van der Waals surface area contributed by atoms with Gasteiger partial charge in [-0.3, -0.25) is 4.79 Å². The number of rotatable bonds is 8. The number of amides is 1. The molecule has 29 heavy (non-hydrogen) atoms. The number of carbonyl (C=O) groups is 2. The van der Waals surface area contributed by atoms with Crippen LogP contribution < -0.4 is 10.1 Å². The lowest BCUT2D eigenvalue weighted by atomic mass is 9.94. The number of fused-ring (bicyclic) bond motifs is 3. The smallest absolute Gasteiger partial charge is 0.326 e. The van der Waals surface area contributed by atoms with Crippen LogP contribution in [0.4, 0.5) is 0 Å². The van der Waals surface area contributed by atoms with Gasteiger partial charge in [-0.2, -0.15) is 11.8 Å². The van der Waals surface area contributed by atoms with Crippen molar-refractivity contribution in [2.75, 3.05) is 19.1 Å². The van der Waals surface area contributed by atoms with E-state index in [1.807, 2.05) is 25.3 Å². The molecule has 1 aliphatic rings. The highest BCUT2D eigenvalue weighted by atomic mass is 32.2. The van der Waals surface area contributed by atoms with E-state index in [1.54, 1.807) is 18.9 Å². The number of thioether (sulfide) groups is 1. The quantitative estimate of drug-likeness (QED) is 0.630. The van der Waals surface area contributed by atoms with Crippen molar-refractivity contribution in [3.05, 3.63) is 35.1 Å². The molecule has 3 rings (SSSR count). The van der Waals surface area contributed by atoms with E-state index in [-0.39, 0.29) is 0 Å². The third kappa shape index (κ3) is 4.78. The van der Waals surface area contributed by atoms with Crippen molar-refractivity contribution >= 4 is 40.2 Å². The zero-order chi connectivity index (χ0) is 21.0. The van der Waals surface area contributed by atoms with Gasteiger partial charge >= 0.3 is 5.97 Å². The molecule has 1 aromatic carbocycles. The molecular weight excluding hydrogens is 390 g/mol. The Bertz CT molecular complexity index is 946. The van der Waals surface area contributed by atoms with Gasteiger partial charge in [0.1, 0.15) is 23.1 Å². The molecule has 0 saturated carbocycles. The van der Waals surface area contributed by atoms with Crippen LogP contribution in [0.1, 0.15) is 43.1 Å². The van der Waals surface area contributed by atoms with E-state index in [0.29, 0.717) is 23.5 Å². The third-order valence-corrected chi connectivity index (χ3v) is 5.92. The predicted octanol–water partition coefficient (Wildman–Crippen LogP) is 4.05. The number of ether oxygens (including phenoxy) is 1. The summed E-state index contributed by atoms with van der Waals surface area (Å²) in [5, 5.41) is 13.0. The Labute approximate surface area is 174 Å². The monoisotopic (exact) mass is 417 g/mol. The molecule has 156 valence electrons. The van der Waals surface area contributed by atoms with Crippen molar-refractivity contribution in [1.82, 2.24) is 5.32 Å². The number of carbonyl (C=O) groups excluding carboxylic acids is 1. The molecule has 1 aliphatic carbocycles. The summed E-state index contributed by atoms with van der Waals surface area (Å²) in [6.45, 7) is 1.83. The van der Waals surface area contributed by atoms with E-state index in [9.17, 15) is 14.7 Å². The van der Waals surface area contributed by atoms with E-state index >= 15 is 0 Å². The van der Waals surface area contributed by atoms with Gasteiger partial charge in [-0.05, 0) is 56.3 Å². The number of furan rings is 1. The van der Waals surface area contributed by atoms with Crippen LogP contribution in [0.25, 0.3) is 16.5 Å². The summed E-state index contributed by atoms with van der Waals surface area (Å²) in [6, 6.07) is 2.99. The van der Waals surface area contributed by atoms with Crippen LogP contribution in [0.5, 0.6) is 5.75 Å². The van der Waals surface area contributed by atoms with Crippen molar-refractivity contribution in [1.29, 1.82) is 0 Å². The number of aliphatic carboxylic acids is 1. The minimum Gasteiger partial charge on any atom is -0.496 e. The number of benzene rings is 1. The van der Waals surface area contributed by atoms with Crippen LogP contribution in [0.2, 0.25) is 0 Å². The summed E-state index contributed by atoms with van der Waals surface area (Å²) >= 11 is 1.55. The van der Waals surface area contributed by atoms with Crippen LogP contribution in [0.3, 0.4) is 0 Å². The maximum absolute atomic E-state index is 12.4. The number of carboxylic acid groups (broad SMARTS) is 1. The minimum absolute atomic E-state index is 0.381. The van der Waals surface area contributed by atoms with E-state index in [2.05, 4.69) is 5.32 Å². The maximum atomic E-state index is 12.4. The zero-order valence-electron chi connectivity index (χ0n) is 17.0. The highest BCUT2D eigenvalue weighted by Gasteiger charge is 2.21. The van der Waals surface area contributed by atoms with Crippen molar-refractivity contribution in [2.45, 2.75) is 45.1 Å². The molecule has 2 N–H and O–H groups in total. The molecule has 1 unspecified atom stereocenters. The lowest BCUT2D eigenvalue weighted by Crippen LogP contribution is -2.40. The molecule has 1 amide bonds. The Morgan fingerprint density at radius 2 is 2.10 bits per heavy atom. The van der Waals surface area contributed by atoms with Crippen LogP contribution in [-0.4, -0.2) is 42.1 Å². The van der Waals surface area contributed by atoms with Crippen molar-refractivity contribution in [2.24, 2.45) is 0 Å². The number of aryl methyl sites for hydroxylation is 2. The third-order valence-electron chi connectivity index (χ3n) is 5.27. The second kappa shape index (κ2) is 9.39. The summed E-state index contributed by atoms with van der Waals surface area (Å²) in [4.78, 5) is 23.8. The Balaban J connectivity index is 1.89. The average Bonchev–Trinajstić information content (AvgIpc) is 3.07. The SMILES string of the molecule is COc1cc2oc3c(c2cc1/C(C)=C/C(=O)NC(CCSC)C(=O)O)CCCC3. The largest absolute Gasteiger partial charge is 0.496 e. The van der Waals surface area contributed by atoms with Crippen molar-refractivity contribution < 1.29 is 23.8 Å². The van der Waals surface area contributed by atoms with E-state index < -0.39 is 17.9 Å². The van der Waals surface area contributed by atoms with Gasteiger partial charge in [0, 0.05) is 35.1 Å².